The predicted molar refractivity (Wildman–Crippen MR) is 92.0 cm³/mol. The van der Waals surface area contributed by atoms with E-state index in [1.54, 1.807) is 7.11 Å². The SMILES string of the molecule is COc1ccc(-c2nnc(NCCCCc3ccncc3)o2)cc1. The number of aryl methyl sites for hydroxylation is 1. The summed E-state index contributed by atoms with van der Waals surface area (Å²) < 4.78 is 10.8. The van der Waals surface area contributed by atoms with Crippen LogP contribution >= 0.6 is 0 Å². The van der Waals surface area contributed by atoms with Gasteiger partial charge in [0.05, 0.1) is 7.11 Å². The highest BCUT2D eigenvalue weighted by atomic mass is 16.5. The molecule has 2 aromatic heterocycles. The Morgan fingerprint density at radius 2 is 1.79 bits per heavy atom. The molecule has 0 atom stereocenters. The van der Waals surface area contributed by atoms with Gasteiger partial charge < -0.3 is 14.5 Å². The maximum Gasteiger partial charge on any atom is 0.315 e. The van der Waals surface area contributed by atoms with Gasteiger partial charge in [0.25, 0.3) is 0 Å². The Hall–Kier alpha value is -2.89. The molecule has 0 radical (unpaired) electrons. The van der Waals surface area contributed by atoms with Crippen molar-refractivity contribution in [3.63, 3.8) is 0 Å². The molecule has 0 amide bonds. The van der Waals surface area contributed by atoms with Crippen LogP contribution in [0, 0.1) is 0 Å². The van der Waals surface area contributed by atoms with Crippen LogP contribution in [0.1, 0.15) is 18.4 Å². The number of methoxy groups -OCH3 is 1. The lowest BCUT2D eigenvalue weighted by Gasteiger charge is -2.02. The maximum atomic E-state index is 5.63. The molecule has 1 N–H and O–H groups in total. The van der Waals surface area contributed by atoms with Crippen molar-refractivity contribution in [1.29, 1.82) is 0 Å². The first kappa shape index (κ1) is 16.0. The van der Waals surface area contributed by atoms with Crippen molar-refractivity contribution in [3.8, 4) is 17.2 Å². The van der Waals surface area contributed by atoms with E-state index in [0.717, 1.165) is 37.1 Å². The first-order valence-electron chi connectivity index (χ1n) is 7.96. The fourth-order valence-corrected chi connectivity index (χ4v) is 2.34. The minimum Gasteiger partial charge on any atom is -0.497 e. The van der Waals surface area contributed by atoms with Crippen LogP contribution in [-0.2, 0) is 6.42 Å². The zero-order chi connectivity index (χ0) is 16.6. The second kappa shape index (κ2) is 8.10. The summed E-state index contributed by atoms with van der Waals surface area (Å²) in [6.07, 6.45) is 6.82. The third-order valence-electron chi connectivity index (χ3n) is 3.68. The molecule has 0 aliphatic carbocycles. The molecule has 6 heteroatoms. The molecular formula is C18H20N4O2. The number of ether oxygens (including phenoxy) is 1. The summed E-state index contributed by atoms with van der Waals surface area (Å²) in [7, 11) is 1.64. The number of nitrogens with one attached hydrogen (secondary N) is 1. The van der Waals surface area contributed by atoms with E-state index in [2.05, 4.69) is 20.5 Å². The normalized spacial score (nSPS) is 10.5. The van der Waals surface area contributed by atoms with Crippen molar-refractivity contribution in [2.45, 2.75) is 19.3 Å². The second-order valence-corrected chi connectivity index (χ2v) is 5.38. The Morgan fingerprint density at radius 3 is 2.54 bits per heavy atom. The van der Waals surface area contributed by atoms with Crippen LogP contribution in [0.3, 0.4) is 0 Å². The van der Waals surface area contributed by atoms with Crippen LogP contribution in [0.5, 0.6) is 5.75 Å². The summed E-state index contributed by atoms with van der Waals surface area (Å²) in [4.78, 5) is 4.02. The van der Waals surface area contributed by atoms with Crippen molar-refractivity contribution in [2.24, 2.45) is 0 Å². The van der Waals surface area contributed by atoms with Crippen molar-refractivity contribution >= 4 is 6.01 Å². The zero-order valence-corrected chi connectivity index (χ0v) is 13.6. The number of anilines is 1. The smallest absolute Gasteiger partial charge is 0.315 e. The molecule has 3 rings (SSSR count). The lowest BCUT2D eigenvalue weighted by atomic mass is 10.1. The van der Waals surface area contributed by atoms with Gasteiger partial charge in [-0.2, -0.15) is 0 Å². The highest BCUT2D eigenvalue weighted by Gasteiger charge is 2.08. The predicted octanol–water partition coefficient (Wildman–Crippen LogP) is 3.58. The topological polar surface area (TPSA) is 73.1 Å². The van der Waals surface area contributed by atoms with Gasteiger partial charge in [-0.1, -0.05) is 5.10 Å². The van der Waals surface area contributed by atoms with E-state index in [1.807, 2.05) is 48.8 Å². The second-order valence-electron chi connectivity index (χ2n) is 5.38. The highest BCUT2D eigenvalue weighted by molar-refractivity contribution is 5.54. The maximum absolute atomic E-state index is 5.63. The van der Waals surface area contributed by atoms with Crippen molar-refractivity contribution in [3.05, 3.63) is 54.4 Å². The van der Waals surface area contributed by atoms with Gasteiger partial charge in [-0.05, 0) is 61.2 Å². The van der Waals surface area contributed by atoms with Crippen LogP contribution in [-0.4, -0.2) is 28.8 Å². The zero-order valence-electron chi connectivity index (χ0n) is 13.6. The van der Waals surface area contributed by atoms with Crippen LogP contribution in [0.2, 0.25) is 0 Å². The van der Waals surface area contributed by atoms with Crippen LogP contribution in [0.15, 0.2) is 53.2 Å². The van der Waals surface area contributed by atoms with Crippen molar-refractivity contribution in [1.82, 2.24) is 15.2 Å². The standard InChI is InChI=1S/C18H20N4O2/c1-23-16-7-5-15(6-8-16)17-21-22-18(24-17)20-11-3-2-4-14-9-12-19-13-10-14/h5-10,12-13H,2-4,11H2,1H3,(H,20,22). The average Bonchev–Trinajstić information content (AvgIpc) is 3.11. The van der Waals surface area contributed by atoms with E-state index < -0.39 is 0 Å². The number of pyridine rings is 1. The molecule has 0 unspecified atom stereocenters. The summed E-state index contributed by atoms with van der Waals surface area (Å²) in [6.45, 7) is 0.801. The van der Waals surface area contributed by atoms with E-state index in [-0.39, 0.29) is 0 Å². The van der Waals surface area contributed by atoms with Crippen molar-refractivity contribution < 1.29 is 9.15 Å². The lowest BCUT2D eigenvalue weighted by molar-refractivity contribution is 0.415. The number of aromatic nitrogens is 3. The minimum absolute atomic E-state index is 0.449. The summed E-state index contributed by atoms with van der Waals surface area (Å²) in [5.41, 5.74) is 2.18. The Kier molecular flexibility index (Phi) is 5.40. The molecule has 3 aromatic rings. The Bertz CT molecular complexity index is 741. The van der Waals surface area contributed by atoms with E-state index >= 15 is 0 Å². The molecule has 0 bridgehead atoms. The molecule has 24 heavy (non-hydrogen) atoms. The molecule has 124 valence electrons. The minimum atomic E-state index is 0.449. The number of rotatable bonds is 8. The first-order chi connectivity index (χ1) is 11.8. The summed E-state index contributed by atoms with van der Waals surface area (Å²) >= 11 is 0. The molecular weight excluding hydrogens is 304 g/mol. The molecule has 0 aliphatic rings. The Balaban J connectivity index is 1.44. The molecule has 0 saturated heterocycles. The Labute approximate surface area is 140 Å². The quantitative estimate of drug-likeness (QED) is 0.639. The molecule has 0 aliphatic heterocycles. The van der Waals surface area contributed by atoms with Crippen molar-refractivity contribution in [2.75, 3.05) is 19.0 Å². The van der Waals surface area contributed by atoms with Gasteiger partial charge in [-0.3, -0.25) is 4.98 Å². The van der Waals surface area contributed by atoms with Gasteiger partial charge in [0.1, 0.15) is 5.75 Å². The number of nitrogens with zero attached hydrogens (tertiary/aromatic N) is 3. The molecule has 1 aromatic carbocycles. The fourth-order valence-electron chi connectivity index (χ4n) is 2.34. The van der Waals surface area contributed by atoms with E-state index in [4.69, 9.17) is 9.15 Å². The molecule has 0 spiro atoms. The number of hydrogen-bond acceptors (Lipinski definition) is 6. The van der Waals surface area contributed by atoms with Gasteiger partial charge >= 0.3 is 6.01 Å². The van der Waals surface area contributed by atoms with Gasteiger partial charge in [0.2, 0.25) is 5.89 Å². The lowest BCUT2D eigenvalue weighted by Crippen LogP contribution is -2.02. The molecule has 6 nitrogen and oxygen atoms in total. The summed E-state index contributed by atoms with van der Waals surface area (Å²) in [5, 5.41) is 11.3. The van der Waals surface area contributed by atoms with Gasteiger partial charge in [-0.15, -0.1) is 5.10 Å². The monoisotopic (exact) mass is 324 g/mol. The van der Waals surface area contributed by atoms with Gasteiger partial charge in [0, 0.05) is 24.5 Å². The number of unbranched alkanes of at least 4 members (excludes halogenated alkanes) is 1. The van der Waals surface area contributed by atoms with Gasteiger partial charge in [-0.25, -0.2) is 0 Å². The van der Waals surface area contributed by atoms with Gasteiger partial charge in [0.15, 0.2) is 0 Å². The number of hydrogen-bond donors (Lipinski definition) is 1. The molecule has 2 heterocycles. The summed E-state index contributed by atoms with van der Waals surface area (Å²) in [5.74, 6) is 1.29. The highest BCUT2D eigenvalue weighted by Crippen LogP contribution is 2.22. The number of benzene rings is 1. The van der Waals surface area contributed by atoms with Crippen LogP contribution < -0.4 is 10.1 Å². The molecule has 0 saturated carbocycles. The van der Waals surface area contributed by atoms with E-state index in [1.165, 1.54) is 5.56 Å². The Morgan fingerprint density at radius 1 is 1.00 bits per heavy atom. The van der Waals surface area contributed by atoms with E-state index in [0.29, 0.717) is 11.9 Å². The third-order valence-corrected chi connectivity index (χ3v) is 3.68. The third kappa shape index (κ3) is 4.32. The summed E-state index contributed by atoms with van der Waals surface area (Å²) in [6, 6.07) is 12.1. The van der Waals surface area contributed by atoms with Crippen LogP contribution in [0.25, 0.3) is 11.5 Å². The first-order valence-corrected chi connectivity index (χ1v) is 7.96. The average molecular weight is 324 g/mol. The molecule has 0 fully saturated rings. The van der Waals surface area contributed by atoms with Crippen LogP contribution in [0.4, 0.5) is 6.01 Å². The largest absolute Gasteiger partial charge is 0.497 e. The fraction of sp³-hybridized carbons (Fsp3) is 0.278. The van der Waals surface area contributed by atoms with E-state index in [9.17, 15) is 0 Å².